The van der Waals surface area contributed by atoms with Gasteiger partial charge in [0, 0.05) is 18.8 Å². The zero-order chi connectivity index (χ0) is 13.9. The molecule has 0 atom stereocenters. The summed E-state index contributed by atoms with van der Waals surface area (Å²) >= 11 is 0. The van der Waals surface area contributed by atoms with Crippen molar-refractivity contribution in [2.75, 3.05) is 0 Å². The van der Waals surface area contributed by atoms with Crippen LogP contribution < -0.4 is 5.32 Å². The summed E-state index contributed by atoms with van der Waals surface area (Å²) in [5, 5.41) is 8.13. The largest absolute Gasteiger partial charge is 0.309 e. The Balaban J connectivity index is 1.86. The van der Waals surface area contributed by atoms with Crippen LogP contribution in [0, 0.1) is 0 Å². The van der Waals surface area contributed by atoms with Gasteiger partial charge in [-0.3, -0.25) is 0 Å². The number of hydrogen-bond acceptors (Lipinski definition) is 2. The van der Waals surface area contributed by atoms with E-state index in [0.29, 0.717) is 6.04 Å². The van der Waals surface area contributed by atoms with Crippen molar-refractivity contribution in [2.24, 2.45) is 0 Å². The smallest absolute Gasteiger partial charge is 0.0766 e. The van der Waals surface area contributed by atoms with Crippen LogP contribution in [0.4, 0.5) is 0 Å². The molecule has 0 aliphatic heterocycles. The van der Waals surface area contributed by atoms with Gasteiger partial charge in [-0.15, -0.1) is 0 Å². The molecule has 1 aliphatic rings. The van der Waals surface area contributed by atoms with Gasteiger partial charge in [-0.25, -0.2) is 4.68 Å². The van der Waals surface area contributed by atoms with Gasteiger partial charge in [-0.05, 0) is 48.9 Å². The van der Waals surface area contributed by atoms with E-state index in [-0.39, 0.29) is 0 Å². The number of benzene rings is 1. The van der Waals surface area contributed by atoms with Gasteiger partial charge in [0.1, 0.15) is 0 Å². The van der Waals surface area contributed by atoms with Gasteiger partial charge < -0.3 is 5.32 Å². The first kappa shape index (κ1) is 13.4. The van der Waals surface area contributed by atoms with E-state index in [2.05, 4.69) is 49.6 Å². The second-order valence-corrected chi connectivity index (χ2v) is 5.91. The summed E-state index contributed by atoms with van der Waals surface area (Å²) in [6.07, 6.45) is 7.10. The molecule has 1 N–H and O–H groups in total. The molecule has 3 nitrogen and oxygen atoms in total. The molecule has 0 saturated carbocycles. The summed E-state index contributed by atoms with van der Waals surface area (Å²) in [6, 6.07) is 9.22. The normalized spacial score (nSPS) is 14.6. The maximum absolute atomic E-state index is 4.71. The van der Waals surface area contributed by atoms with Gasteiger partial charge in [-0.1, -0.05) is 26.0 Å². The zero-order valence-corrected chi connectivity index (χ0v) is 12.4. The van der Waals surface area contributed by atoms with Crippen LogP contribution in [0.3, 0.4) is 0 Å². The highest BCUT2D eigenvalue weighted by Crippen LogP contribution is 2.26. The Labute approximate surface area is 121 Å². The van der Waals surface area contributed by atoms with Crippen molar-refractivity contribution < 1.29 is 0 Å². The van der Waals surface area contributed by atoms with Gasteiger partial charge in [0.05, 0.1) is 11.4 Å². The Hall–Kier alpha value is -1.61. The van der Waals surface area contributed by atoms with Crippen LogP contribution in [-0.4, -0.2) is 15.8 Å². The van der Waals surface area contributed by atoms with Crippen LogP contribution in [0.5, 0.6) is 0 Å². The number of rotatable bonds is 4. The second kappa shape index (κ2) is 5.80. The van der Waals surface area contributed by atoms with Crippen molar-refractivity contribution in [1.82, 2.24) is 15.1 Å². The molecule has 1 aromatic carbocycles. The van der Waals surface area contributed by atoms with E-state index in [1.54, 1.807) is 0 Å². The van der Waals surface area contributed by atoms with E-state index in [1.807, 2.05) is 4.68 Å². The third-order valence-electron chi connectivity index (χ3n) is 3.95. The lowest BCUT2D eigenvalue weighted by Gasteiger charge is -2.19. The Morgan fingerprint density at radius 2 is 2.05 bits per heavy atom. The van der Waals surface area contributed by atoms with Crippen molar-refractivity contribution in [2.45, 2.75) is 52.1 Å². The molecule has 1 aromatic heterocycles. The minimum Gasteiger partial charge on any atom is -0.309 e. The van der Waals surface area contributed by atoms with Crippen molar-refractivity contribution in [3.05, 3.63) is 47.3 Å². The summed E-state index contributed by atoms with van der Waals surface area (Å²) in [5.74, 6) is 0. The highest BCUT2D eigenvalue weighted by molar-refractivity contribution is 5.46. The number of aryl methyl sites for hydroxylation is 1. The van der Waals surface area contributed by atoms with E-state index < -0.39 is 0 Å². The minimum absolute atomic E-state index is 0.490. The third-order valence-corrected chi connectivity index (χ3v) is 3.95. The van der Waals surface area contributed by atoms with Crippen molar-refractivity contribution in [1.29, 1.82) is 0 Å². The molecule has 0 radical (unpaired) electrons. The van der Waals surface area contributed by atoms with Crippen LogP contribution in [0.15, 0.2) is 30.5 Å². The van der Waals surface area contributed by atoms with E-state index in [0.717, 1.165) is 12.2 Å². The number of nitrogens with one attached hydrogen (secondary N) is 1. The molecular weight excluding hydrogens is 246 g/mol. The van der Waals surface area contributed by atoms with Gasteiger partial charge in [0.15, 0.2) is 0 Å². The zero-order valence-electron chi connectivity index (χ0n) is 12.4. The first-order valence-electron chi connectivity index (χ1n) is 7.63. The summed E-state index contributed by atoms with van der Waals surface area (Å²) in [6.45, 7) is 5.15. The molecule has 1 aliphatic carbocycles. The van der Waals surface area contributed by atoms with Crippen LogP contribution in [0.1, 0.15) is 43.5 Å². The Bertz CT molecular complexity index is 584. The molecule has 1 heterocycles. The third kappa shape index (κ3) is 2.78. The molecular formula is C17H23N3. The Morgan fingerprint density at radius 1 is 1.20 bits per heavy atom. The Kier molecular flexibility index (Phi) is 3.88. The molecule has 3 heteroatoms. The van der Waals surface area contributed by atoms with E-state index >= 15 is 0 Å². The standard InChI is InChI=1S/C17H23N3/c1-13(2)18-12-15-10-11-20(19-15)17-9-5-7-14-6-3-4-8-16(14)17/h5,7,9-11,13,18H,3-4,6,8,12H2,1-2H3. The molecule has 0 unspecified atom stereocenters. The van der Waals surface area contributed by atoms with Crippen LogP contribution in [0.2, 0.25) is 0 Å². The van der Waals surface area contributed by atoms with Crippen LogP contribution in [-0.2, 0) is 19.4 Å². The van der Waals surface area contributed by atoms with Gasteiger partial charge in [0.2, 0.25) is 0 Å². The number of hydrogen-bond donors (Lipinski definition) is 1. The molecule has 20 heavy (non-hydrogen) atoms. The van der Waals surface area contributed by atoms with Crippen molar-refractivity contribution in [3.8, 4) is 5.69 Å². The molecule has 2 aromatic rings. The number of nitrogens with zero attached hydrogens (tertiary/aromatic N) is 2. The fourth-order valence-corrected chi connectivity index (χ4v) is 2.87. The predicted octanol–water partition coefficient (Wildman–Crippen LogP) is 3.25. The quantitative estimate of drug-likeness (QED) is 0.923. The summed E-state index contributed by atoms with van der Waals surface area (Å²) in [7, 11) is 0. The molecule has 0 fully saturated rings. The fraction of sp³-hybridized carbons (Fsp3) is 0.471. The fourth-order valence-electron chi connectivity index (χ4n) is 2.87. The number of aromatic nitrogens is 2. The highest BCUT2D eigenvalue weighted by atomic mass is 15.3. The monoisotopic (exact) mass is 269 g/mol. The molecule has 0 saturated heterocycles. The van der Waals surface area contributed by atoms with Gasteiger partial charge in [0.25, 0.3) is 0 Å². The molecule has 0 spiro atoms. The van der Waals surface area contributed by atoms with Crippen molar-refractivity contribution in [3.63, 3.8) is 0 Å². The lowest BCUT2D eigenvalue weighted by molar-refractivity contribution is 0.577. The second-order valence-electron chi connectivity index (χ2n) is 5.91. The van der Waals surface area contributed by atoms with Crippen LogP contribution >= 0.6 is 0 Å². The van der Waals surface area contributed by atoms with E-state index in [1.165, 1.54) is 42.5 Å². The average Bonchev–Trinajstić information content (AvgIpc) is 2.93. The predicted molar refractivity (Wildman–Crippen MR) is 82.2 cm³/mol. The topological polar surface area (TPSA) is 29.9 Å². The van der Waals surface area contributed by atoms with Gasteiger partial charge in [-0.2, -0.15) is 5.10 Å². The highest BCUT2D eigenvalue weighted by Gasteiger charge is 2.14. The molecule has 106 valence electrons. The van der Waals surface area contributed by atoms with E-state index in [4.69, 9.17) is 5.10 Å². The first-order valence-corrected chi connectivity index (χ1v) is 7.63. The summed E-state index contributed by atoms with van der Waals surface area (Å²) in [4.78, 5) is 0. The Morgan fingerprint density at radius 3 is 2.90 bits per heavy atom. The maximum atomic E-state index is 4.71. The SMILES string of the molecule is CC(C)NCc1ccn(-c2cccc3c2CCCC3)n1. The average molecular weight is 269 g/mol. The minimum atomic E-state index is 0.490. The first-order chi connectivity index (χ1) is 9.74. The lowest BCUT2D eigenvalue weighted by atomic mass is 9.90. The number of fused-ring (bicyclic) bond motifs is 1. The molecule has 0 bridgehead atoms. The molecule has 0 amide bonds. The summed E-state index contributed by atoms with van der Waals surface area (Å²) < 4.78 is 2.04. The summed E-state index contributed by atoms with van der Waals surface area (Å²) in [5.41, 5.74) is 5.36. The van der Waals surface area contributed by atoms with E-state index in [9.17, 15) is 0 Å². The van der Waals surface area contributed by atoms with Crippen molar-refractivity contribution >= 4 is 0 Å². The van der Waals surface area contributed by atoms with Gasteiger partial charge >= 0.3 is 0 Å². The van der Waals surface area contributed by atoms with Crippen LogP contribution in [0.25, 0.3) is 5.69 Å². The maximum Gasteiger partial charge on any atom is 0.0766 e. The molecule has 3 rings (SSSR count). The lowest BCUT2D eigenvalue weighted by Crippen LogP contribution is -2.22.